The van der Waals surface area contributed by atoms with Crippen LogP contribution in [0.25, 0.3) is 0 Å². The molecule has 0 saturated carbocycles. The molecule has 4 nitrogen and oxygen atoms in total. The summed E-state index contributed by atoms with van der Waals surface area (Å²) < 4.78 is 0. The number of aromatic nitrogens is 1. The van der Waals surface area contributed by atoms with E-state index >= 15 is 0 Å². The van der Waals surface area contributed by atoms with Gasteiger partial charge in [-0.15, -0.1) is 0 Å². The van der Waals surface area contributed by atoms with Gasteiger partial charge in [0.2, 0.25) is 5.91 Å². The van der Waals surface area contributed by atoms with Crippen LogP contribution in [0.5, 0.6) is 0 Å². The van der Waals surface area contributed by atoms with E-state index in [4.69, 9.17) is 11.5 Å². The van der Waals surface area contributed by atoms with E-state index in [2.05, 4.69) is 4.98 Å². The van der Waals surface area contributed by atoms with Crippen LogP contribution >= 0.6 is 11.8 Å². The number of primary amides is 1. The summed E-state index contributed by atoms with van der Waals surface area (Å²) in [6, 6.07) is 10.6. The molecule has 5 heteroatoms. The van der Waals surface area contributed by atoms with Crippen LogP contribution in [-0.4, -0.2) is 10.9 Å². The van der Waals surface area contributed by atoms with Gasteiger partial charge in [0, 0.05) is 16.8 Å². The molecule has 0 aliphatic carbocycles. The highest BCUT2D eigenvalue weighted by atomic mass is 32.2. The average Bonchev–Trinajstić information content (AvgIpc) is 2.33. The van der Waals surface area contributed by atoms with Crippen LogP contribution in [0.15, 0.2) is 52.5 Å². The van der Waals surface area contributed by atoms with Gasteiger partial charge in [-0.1, -0.05) is 23.9 Å². The van der Waals surface area contributed by atoms with Crippen molar-refractivity contribution >= 4 is 23.4 Å². The SMILES string of the molecule is NC(=O)c1cccc(N)c1Sc1ccccn1. The fourth-order valence-corrected chi connectivity index (χ4v) is 2.31. The lowest BCUT2D eigenvalue weighted by molar-refractivity contribution is 0.0997. The van der Waals surface area contributed by atoms with E-state index in [-0.39, 0.29) is 0 Å². The van der Waals surface area contributed by atoms with E-state index in [0.717, 1.165) is 5.03 Å². The fourth-order valence-electron chi connectivity index (χ4n) is 1.37. The van der Waals surface area contributed by atoms with Crippen LogP contribution in [0.4, 0.5) is 5.69 Å². The molecule has 0 fully saturated rings. The van der Waals surface area contributed by atoms with Gasteiger partial charge in [-0.25, -0.2) is 4.98 Å². The van der Waals surface area contributed by atoms with E-state index in [9.17, 15) is 4.79 Å². The Balaban J connectivity index is 2.41. The maximum absolute atomic E-state index is 11.3. The number of amides is 1. The Kier molecular flexibility index (Phi) is 3.30. The second kappa shape index (κ2) is 4.88. The van der Waals surface area contributed by atoms with Gasteiger partial charge in [-0.3, -0.25) is 4.79 Å². The standard InChI is InChI=1S/C12H11N3OS/c13-9-5-3-4-8(12(14)16)11(9)17-10-6-1-2-7-15-10/h1-7H,13H2,(H2,14,16). The maximum atomic E-state index is 11.3. The van der Waals surface area contributed by atoms with Gasteiger partial charge >= 0.3 is 0 Å². The number of carbonyl (C=O) groups is 1. The van der Waals surface area contributed by atoms with Crippen molar-refractivity contribution in [3.05, 3.63) is 48.2 Å². The molecule has 0 spiro atoms. The number of nitrogen functional groups attached to an aromatic ring is 1. The van der Waals surface area contributed by atoms with Gasteiger partial charge < -0.3 is 11.5 Å². The molecule has 2 aromatic rings. The smallest absolute Gasteiger partial charge is 0.249 e. The number of benzene rings is 1. The number of anilines is 1. The molecule has 4 N–H and O–H groups in total. The van der Waals surface area contributed by atoms with Crippen molar-refractivity contribution in [3.63, 3.8) is 0 Å². The predicted octanol–water partition coefficient (Wildman–Crippen LogP) is 1.91. The zero-order valence-electron chi connectivity index (χ0n) is 8.96. The third-order valence-electron chi connectivity index (χ3n) is 2.16. The highest BCUT2D eigenvalue weighted by molar-refractivity contribution is 7.99. The Bertz CT molecular complexity index is 543. The van der Waals surface area contributed by atoms with Gasteiger partial charge in [0.05, 0.1) is 5.56 Å². The quantitative estimate of drug-likeness (QED) is 0.809. The number of carbonyl (C=O) groups excluding carboxylic acids is 1. The molecule has 86 valence electrons. The number of nitrogens with zero attached hydrogens (tertiary/aromatic N) is 1. The molecule has 1 amide bonds. The molecule has 0 unspecified atom stereocenters. The molecule has 0 radical (unpaired) electrons. The van der Waals surface area contributed by atoms with Crippen molar-refractivity contribution in [1.29, 1.82) is 0 Å². The average molecular weight is 245 g/mol. The largest absolute Gasteiger partial charge is 0.398 e. The monoisotopic (exact) mass is 245 g/mol. The molecule has 1 aromatic heterocycles. The summed E-state index contributed by atoms with van der Waals surface area (Å²) in [5.41, 5.74) is 12.1. The van der Waals surface area contributed by atoms with Crippen LogP contribution in [0.1, 0.15) is 10.4 Å². The van der Waals surface area contributed by atoms with Crippen LogP contribution in [0, 0.1) is 0 Å². The van der Waals surface area contributed by atoms with Crippen molar-refractivity contribution in [3.8, 4) is 0 Å². The number of rotatable bonds is 3. The minimum absolute atomic E-state index is 0.417. The van der Waals surface area contributed by atoms with Gasteiger partial charge in [-0.2, -0.15) is 0 Å². The molecule has 17 heavy (non-hydrogen) atoms. The lowest BCUT2D eigenvalue weighted by Crippen LogP contribution is -2.13. The van der Waals surface area contributed by atoms with E-state index < -0.39 is 5.91 Å². The molecular formula is C12H11N3OS. The first-order valence-electron chi connectivity index (χ1n) is 4.95. The zero-order chi connectivity index (χ0) is 12.3. The van der Waals surface area contributed by atoms with Crippen LogP contribution in [-0.2, 0) is 0 Å². The van der Waals surface area contributed by atoms with Gasteiger partial charge in [0.1, 0.15) is 5.03 Å². The summed E-state index contributed by atoms with van der Waals surface area (Å²) in [7, 11) is 0. The number of hydrogen-bond donors (Lipinski definition) is 2. The van der Waals surface area contributed by atoms with E-state index in [0.29, 0.717) is 16.1 Å². The highest BCUT2D eigenvalue weighted by Crippen LogP contribution is 2.33. The van der Waals surface area contributed by atoms with Crippen LogP contribution in [0.2, 0.25) is 0 Å². The third-order valence-corrected chi connectivity index (χ3v) is 3.27. The Morgan fingerprint density at radius 1 is 1.18 bits per heavy atom. The summed E-state index contributed by atoms with van der Waals surface area (Å²) in [6.45, 7) is 0. The van der Waals surface area contributed by atoms with Gasteiger partial charge in [0.15, 0.2) is 0 Å². The van der Waals surface area contributed by atoms with E-state index in [1.54, 1.807) is 24.4 Å². The first-order valence-corrected chi connectivity index (χ1v) is 5.77. The summed E-state index contributed by atoms with van der Waals surface area (Å²) >= 11 is 1.33. The molecule has 2 rings (SSSR count). The van der Waals surface area contributed by atoms with Crippen molar-refractivity contribution < 1.29 is 4.79 Å². The summed E-state index contributed by atoms with van der Waals surface area (Å²) in [5, 5.41) is 0.771. The normalized spacial score (nSPS) is 10.1. The Labute approximate surface area is 103 Å². The van der Waals surface area contributed by atoms with E-state index in [1.807, 2.05) is 18.2 Å². The summed E-state index contributed by atoms with van der Waals surface area (Å²) in [6.07, 6.45) is 1.69. The van der Waals surface area contributed by atoms with E-state index in [1.165, 1.54) is 11.8 Å². The van der Waals surface area contributed by atoms with Crippen LogP contribution in [0.3, 0.4) is 0 Å². The summed E-state index contributed by atoms with van der Waals surface area (Å²) in [5.74, 6) is -0.490. The number of nitrogens with two attached hydrogens (primary N) is 2. The second-order valence-corrected chi connectivity index (χ2v) is 4.39. The molecule has 0 aliphatic rings. The first-order chi connectivity index (χ1) is 8.18. The minimum atomic E-state index is -0.490. The lowest BCUT2D eigenvalue weighted by atomic mass is 10.2. The Hall–Kier alpha value is -2.01. The zero-order valence-corrected chi connectivity index (χ0v) is 9.78. The maximum Gasteiger partial charge on any atom is 0.249 e. The molecule has 0 aliphatic heterocycles. The Morgan fingerprint density at radius 3 is 2.65 bits per heavy atom. The summed E-state index contributed by atoms with van der Waals surface area (Å²) in [4.78, 5) is 16.1. The van der Waals surface area contributed by atoms with Crippen molar-refractivity contribution in [2.24, 2.45) is 5.73 Å². The third kappa shape index (κ3) is 2.57. The number of pyridine rings is 1. The number of hydrogen-bond acceptors (Lipinski definition) is 4. The molecule has 0 saturated heterocycles. The fraction of sp³-hybridized carbons (Fsp3) is 0. The predicted molar refractivity (Wildman–Crippen MR) is 67.7 cm³/mol. The van der Waals surface area contributed by atoms with Crippen molar-refractivity contribution in [1.82, 2.24) is 4.98 Å². The van der Waals surface area contributed by atoms with Gasteiger partial charge in [0.25, 0.3) is 0 Å². The second-order valence-electron chi connectivity index (χ2n) is 3.36. The highest BCUT2D eigenvalue weighted by Gasteiger charge is 2.12. The molecule has 0 bridgehead atoms. The first kappa shape index (κ1) is 11.5. The topological polar surface area (TPSA) is 82.0 Å². The Morgan fingerprint density at radius 2 is 2.00 bits per heavy atom. The lowest BCUT2D eigenvalue weighted by Gasteiger charge is -2.08. The minimum Gasteiger partial charge on any atom is -0.398 e. The van der Waals surface area contributed by atoms with Crippen molar-refractivity contribution in [2.75, 3.05) is 5.73 Å². The van der Waals surface area contributed by atoms with Crippen molar-refractivity contribution in [2.45, 2.75) is 9.92 Å². The van der Waals surface area contributed by atoms with Crippen LogP contribution < -0.4 is 11.5 Å². The van der Waals surface area contributed by atoms with Gasteiger partial charge in [-0.05, 0) is 24.3 Å². The molecule has 1 aromatic carbocycles. The molecule has 0 atom stereocenters. The molecule has 1 heterocycles. The molecular weight excluding hydrogens is 234 g/mol.